The van der Waals surface area contributed by atoms with Crippen molar-refractivity contribution in [1.82, 2.24) is 4.98 Å². The quantitative estimate of drug-likeness (QED) is 0.180. The molecule has 34 heavy (non-hydrogen) atoms. The summed E-state index contributed by atoms with van der Waals surface area (Å²) in [4.78, 5) is 50.1. The van der Waals surface area contributed by atoms with Crippen LogP contribution in [-0.2, 0) is 36.3 Å². The number of halogens is 1. The van der Waals surface area contributed by atoms with Crippen LogP contribution in [0.25, 0.3) is 0 Å². The summed E-state index contributed by atoms with van der Waals surface area (Å²) in [5.74, 6) is 4.00. The van der Waals surface area contributed by atoms with E-state index in [4.69, 9.17) is 19.3 Å². The third kappa shape index (κ3) is 7.13. The third-order valence-corrected chi connectivity index (χ3v) is 8.18. The molecule has 1 aliphatic heterocycles. The van der Waals surface area contributed by atoms with E-state index in [1.165, 1.54) is 13.8 Å². The van der Waals surface area contributed by atoms with E-state index in [1.807, 2.05) is 0 Å². The van der Waals surface area contributed by atoms with Gasteiger partial charge in [0, 0.05) is 7.11 Å². The van der Waals surface area contributed by atoms with E-state index in [0.29, 0.717) is 0 Å². The Balaban J connectivity index is 2.27. The monoisotopic (exact) mass is 551 g/mol. The molecule has 192 valence electrons. The molecule has 0 spiro atoms. The van der Waals surface area contributed by atoms with Crippen LogP contribution in [0.2, 0.25) is 0 Å². The number of H-pyrrole nitrogens is 1. The molecule has 1 aromatic rings. The van der Waals surface area contributed by atoms with Crippen LogP contribution in [0, 0.1) is 24.6 Å². The van der Waals surface area contributed by atoms with Crippen LogP contribution < -0.4 is 5.56 Å². The summed E-state index contributed by atoms with van der Waals surface area (Å²) in [5, 5.41) is 10.5. The van der Waals surface area contributed by atoms with E-state index >= 15 is 0 Å². The molecule has 0 aromatic carbocycles. The first-order chi connectivity index (χ1) is 15.5. The number of methoxy groups -OCH3 is 1. The lowest BCUT2D eigenvalue weighted by molar-refractivity contribution is -0.0244. The molecule has 1 saturated heterocycles. The van der Waals surface area contributed by atoms with Crippen molar-refractivity contribution < 1.29 is 65.4 Å². The van der Waals surface area contributed by atoms with Crippen molar-refractivity contribution in [3.63, 3.8) is 0 Å². The topological polar surface area (TPSA) is 231 Å². The van der Waals surface area contributed by atoms with Crippen LogP contribution in [0.5, 0.6) is 0 Å². The number of phosphoric acid groups is 3. The zero-order valence-electron chi connectivity index (χ0n) is 17.6. The molecular weight excluding hydrogens is 530 g/mol. The Morgan fingerprint density at radius 3 is 2.29 bits per heavy atom. The van der Waals surface area contributed by atoms with Crippen molar-refractivity contribution in [1.29, 1.82) is 0 Å². The molecule has 0 amide bonds. The van der Waals surface area contributed by atoms with Gasteiger partial charge in [0.1, 0.15) is 35.9 Å². The molecular formula is C15H21FNO14P3. The highest BCUT2D eigenvalue weighted by Crippen LogP contribution is 2.66. The summed E-state index contributed by atoms with van der Waals surface area (Å²) in [6, 6.07) is 0. The summed E-state index contributed by atoms with van der Waals surface area (Å²) in [6.07, 6.45) is -5.79. The van der Waals surface area contributed by atoms with Crippen molar-refractivity contribution in [2.45, 2.75) is 38.3 Å². The number of hydrogen-bond donors (Lipinski definition) is 6. The van der Waals surface area contributed by atoms with Crippen molar-refractivity contribution in [2.24, 2.45) is 0 Å². The Hall–Kier alpha value is -1.27. The molecule has 6 atom stereocenters. The summed E-state index contributed by atoms with van der Waals surface area (Å²) in [7, 11) is -15.7. The van der Waals surface area contributed by atoms with E-state index in [-0.39, 0.29) is 16.8 Å². The smallest absolute Gasteiger partial charge is 0.387 e. The van der Waals surface area contributed by atoms with Crippen LogP contribution in [0.1, 0.15) is 29.8 Å². The summed E-state index contributed by atoms with van der Waals surface area (Å²) >= 11 is 0. The molecule has 0 aliphatic carbocycles. The second kappa shape index (κ2) is 10.8. The molecule has 1 fully saturated rings. The first-order valence-corrected chi connectivity index (χ1v) is 13.5. The van der Waals surface area contributed by atoms with Crippen LogP contribution >= 0.6 is 23.5 Å². The number of aromatic nitrogens is 1. The molecule has 0 radical (unpaired) electrons. The molecule has 6 N–H and O–H groups in total. The second-order valence-electron chi connectivity index (χ2n) is 6.73. The van der Waals surface area contributed by atoms with Gasteiger partial charge in [0.2, 0.25) is 0 Å². The molecule has 2 heterocycles. The lowest BCUT2D eigenvalue weighted by Gasteiger charge is -2.21. The standard InChI is InChI=1S/C15H21FNO14P3/c1-4-5-8-10(11(16)7(2)15(19)17-8)13-14(27-3)12(18)9(29-13)6-28-33(23,24)31-34(25,26)30-32(20,21)22/h9,12-14,18H,6H2,1-3H3,(H,17,19)(H,23,24)(H,25,26)(H2,20,21,22)/t9-,12?,13+,14+/m1/s1. The highest BCUT2D eigenvalue weighted by Gasteiger charge is 2.48. The van der Waals surface area contributed by atoms with E-state index < -0.39 is 65.9 Å². The van der Waals surface area contributed by atoms with Gasteiger partial charge in [0.15, 0.2) is 0 Å². The minimum absolute atomic E-state index is 0.164. The number of phosphoric ester groups is 1. The van der Waals surface area contributed by atoms with Gasteiger partial charge in [-0.25, -0.2) is 18.1 Å². The molecule has 1 aromatic heterocycles. The van der Waals surface area contributed by atoms with Gasteiger partial charge < -0.3 is 39.1 Å². The largest absolute Gasteiger partial charge is 0.490 e. The Bertz CT molecular complexity index is 1190. The maximum absolute atomic E-state index is 15.0. The molecule has 19 heteroatoms. The number of aliphatic hydroxyl groups excluding tert-OH is 1. The summed E-state index contributed by atoms with van der Waals surface area (Å²) < 4.78 is 71.3. The summed E-state index contributed by atoms with van der Waals surface area (Å²) in [6.45, 7) is 1.62. The van der Waals surface area contributed by atoms with Gasteiger partial charge in [0.25, 0.3) is 5.56 Å². The highest BCUT2D eigenvalue weighted by molar-refractivity contribution is 7.66. The highest BCUT2D eigenvalue weighted by atomic mass is 31.3. The average Bonchev–Trinajstić information content (AvgIpc) is 2.97. The minimum Gasteiger partial charge on any atom is -0.387 e. The molecule has 2 rings (SSSR count). The Kier molecular flexibility index (Phi) is 9.18. The van der Waals surface area contributed by atoms with Gasteiger partial charge in [-0.1, -0.05) is 5.92 Å². The number of nitrogens with one attached hydrogen (secondary N) is 1. The molecule has 15 nitrogen and oxygen atoms in total. The summed E-state index contributed by atoms with van der Waals surface area (Å²) in [5.41, 5.74) is -1.49. The zero-order chi connectivity index (χ0) is 26.1. The van der Waals surface area contributed by atoms with E-state index in [1.54, 1.807) is 0 Å². The van der Waals surface area contributed by atoms with Crippen molar-refractivity contribution >= 4 is 23.5 Å². The van der Waals surface area contributed by atoms with Crippen LogP contribution in [-0.4, -0.2) is 61.7 Å². The fourth-order valence-electron chi connectivity index (χ4n) is 3.02. The molecule has 1 aliphatic rings. The number of aliphatic hydroxyl groups is 1. The van der Waals surface area contributed by atoms with Crippen LogP contribution in [0.15, 0.2) is 4.79 Å². The van der Waals surface area contributed by atoms with Crippen molar-refractivity contribution in [2.75, 3.05) is 13.7 Å². The van der Waals surface area contributed by atoms with Crippen molar-refractivity contribution in [3.05, 3.63) is 33.0 Å². The first-order valence-electron chi connectivity index (χ1n) is 9.01. The Labute approximate surface area is 191 Å². The van der Waals surface area contributed by atoms with Crippen LogP contribution in [0.3, 0.4) is 0 Å². The minimum atomic E-state index is -5.75. The second-order valence-corrected chi connectivity index (χ2v) is 11.1. The van der Waals surface area contributed by atoms with Gasteiger partial charge in [-0.3, -0.25) is 9.32 Å². The van der Waals surface area contributed by atoms with Crippen LogP contribution in [0.4, 0.5) is 4.39 Å². The third-order valence-electron chi connectivity index (χ3n) is 4.38. The predicted molar refractivity (Wildman–Crippen MR) is 109 cm³/mol. The fourth-order valence-corrected chi connectivity index (χ4v) is 6.05. The van der Waals surface area contributed by atoms with Gasteiger partial charge >= 0.3 is 23.5 Å². The van der Waals surface area contributed by atoms with Crippen molar-refractivity contribution in [3.8, 4) is 11.8 Å². The van der Waals surface area contributed by atoms with E-state index in [2.05, 4.69) is 30.0 Å². The van der Waals surface area contributed by atoms with E-state index in [9.17, 15) is 37.8 Å². The SMILES string of the molecule is CC#Cc1[nH]c(=O)c(C)c(F)c1[C@@H]1O[C@H](COP(=O)(O)OP(=O)(O)OP(=O)(O)O)C(O)[C@@H]1OC. The number of pyridine rings is 1. The molecule has 0 saturated carbocycles. The van der Waals surface area contributed by atoms with Gasteiger partial charge in [-0.05, 0) is 19.8 Å². The normalized spacial score (nSPS) is 26.4. The first kappa shape index (κ1) is 29.0. The predicted octanol–water partition coefficient (Wildman–Crippen LogP) is 0.353. The fraction of sp³-hybridized carbons (Fsp3) is 0.533. The Morgan fingerprint density at radius 1 is 1.15 bits per heavy atom. The average molecular weight is 551 g/mol. The van der Waals surface area contributed by atoms with E-state index in [0.717, 1.165) is 7.11 Å². The lowest BCUT2D eigenvalue weighted by atomic mass is 9.98. The zero-order valence-corrected chi connectivity index (χ0v) is 20.3. The molecule has 3 unspecified atom stereocenters. The lowest BCUT2D eigenvalue weighted by Crippen LogP contribution is -2.34. The number of hydrogen-bond acceptors (Lipinski definition) is 10. The van der Waals surface area contributed by atoms with Gasteiger partial charge in [-0.15, -0.1) is 0 Å². The number of rotatable bonds is 9. The van der Waals surface area contributed by atoms with Gasteiger partial charge in [-0.2, -0.15) is 8.62 Å². The van der Waals surface area contributed by atoms with Gasteiger partial charge in [0.05, 0.1) is 17.7 Å². The maximum atomic E-state index is 15.0. The number of ether oxygens (including phenoxy) is 2. The Morgan fingerprint density at radius 2 is 1.76 bits per heavy atom. The maximum Gasteiger partial charge on any atom is 0.490 e. The molecule has 0 bridgehead atoms. The number of aromatic amines is 1.